The molecule has 3 aromatic rings. The number of thioether (sulfide) groups is 1. The van der Waals surface area contributed by atoms with E-state index in [1.54, 1.807) is 48.4 Å². The Morgan fingerprint density at radius 3 is 2.44 bits per heavy atom. The normalized spacial score (nSPS) is 16.6. The fourth-order valence-electron chi connectivity index (χ4n) is 4.97. The molecule has 218 valence electrons. The van der Waals surface area contributed by atoms with Crippen LogP contribution >= 0.6 is 11.8 Å². The maximum Gasteiger partial charge on any atom is 0.326 e. The summed E-state index contributed by atoms with van der Waals surface area (Å²) in [5.74, 6) is -0.750. The van der Waals surface area contributed by atoms with Gasteiger partial charge in [-0.25, -0.2) is 14.2 Å². The molecule has 2 heterocycles. The molecule has 1 aliphatic heterocycles. The Morgan fingerprint density at radius 2 is 1.83 bits per heavy atom. The smallest absolute Gasteiger partial charge is 0.326 e. The third kappa shape index (κ3) is 9.01. The van der Waals surface area contributed by atoms with Crippen LogP contribution in [-0.2, 0) is 16.0 Å². The Balaban J connectivity index is 1.42. The number of hydrogen-bond donors (Lipinski definition) is 3. The van der Waals surface area contributed by atoms with Gasteiger partial charge in [-0.05, 0) is 59.6 Å². The summed E-state index contributed by atoms with van der Waals surface area (Å²) in [6.07, 6.45) is 8.24. The lowest BCUT2D eigenvalue weighted by atomic mass is 9.98. The first kappa shape index (κ1) is 30.5. The summed E-state index contributed by atoms with van der Waals surface area (Å²) in [6, 6.07) is 12.3. The Morgan fingerprint density at radius 1 is 1.15 bits per heavy atom. The number of morpholine rings is 1. The van der Waals surface area contributed by atoms with Crippen LogP contribution in [0.4, 0.5) is 4.39 Å². The first-order valence-corrected chi connectivity index (χ1v) is 15.0. The number of hydrogen-bond acceptors (Lipinski definition) is 6. The second kappa shape index (κ2) is 15.0. The molecule has 1 fully saturated rings. The number of nitrogens with one attached hydrogen (secondary N) is 2. The number of amides is 1. The van der Waals surface area contributed by atoms with E-state index < -0.39 is 17.9 Å². The number of carbonyl (C=O) groups excluding carboxylic acids is 1. The van der Waals surface area contributed by atoms with Crippen molar-refractivity contribution >= 4 is 35.3 Å². The van der Waals surface area contributed by atoms with Gasteiger partial charge < -0.3 is 20.1 Å². The maximum absolute atomic E-state index is 13.5. The van der Waals surface area contributed by atoms with Crippen molar-refractivity contribution in [3.8, 4) is 0 Å². The zero-order valence-corrected chi connectivity index (χ0v) is 24.2. The predicted molar refractivity (Wildman–Crippen MR) is 160 cm³/mol. The van der Waals surface area contributed by atoms with E-state index >= 15 is 0 Å². The SMILES string of the molecule is CSC(C[C@H](NC(=O)c1ccc(C=C(Cc2ncc[nH]2)c2ccc(F)cc2)cc1)C(=O)O)C(C)CN1CCOCC1. The summed E-state index contributed by atoms with van der Waals surface area (Å²) >= 11 is 1.64. The van der Waals surface area contributed by atoms with E-state index in [0.29, 0.717) is 18.4 Å². The number of H-pyrrole nitrogens is 1. The quantitative estimate of drug-likeness (QED) is 0.254. The summed E-state index contributed by atoms with van der Waals surface area (Å²) in [7, 11) is 0. The zero-order valence-electron chi connectivity index (χ0n) is 23.4. The molecule has 41 heavy (non-hydrogen) atoms. The number of rotatable bonds is 13. The van der Waals surface area contributed by atoms with Crippen LogP contribution in [0.25, 0.3) is 11.6 Å². The lowest BCUT2D eigenvalue weighted by Crippen LogP contribution is -2.45. The monoisotopic (exact) mass is 580 g/mol. The molecule has 1 saturated heterocycles. The number of aromatic nitrogens is 2. The largest absolute Gasteiger partial charge is 0.480 e. The molecule has 0 saturated carbocycles. The van der Waals surface area contributed by atoms with Gasteiger partial charge in [0.25, 0.3) is 5.91 Å². The fourth-order valence-corrected chi connectivity index (χ4v) is 5.91. The Hall–Kier alpha value is -3.47. The van der Waals surface area contributed by atoms with E-state index in [2.05, 4.69) is 27.1 Å². The van der Waals surface area contributed by atoms with Crippen LogP contribution in [0.2, 0.25) is 0 Å². The van der Waals surface area contributed by atoms with Crippen molar-refractivity contribution in [3.63, 3.8) is 0 Å². The number of allylic oxidation sites excluding steroid dienone is 1. The van der Waals surface area contributed by atoms with Gasteiger partial charge >= 0.3 is 5.97 Å². The van der Waals surface area contributed by atoms with Crippen LogP contribution in [0.15, 0.2) is 60.9 Å². The molecule has 4 rings (SSSR count). The molecule has 1 aromatic heterocycles. The van der Waals surface area contributed by atoms with Crippen LogP contribution < -0.4 is 5.32 Å². The summed E-state index contributed by atoms with van der Waals surface area (Å²) in [4.78, 5) is 34.9. The molecule has 1 aliphatic rings. The number of carboxylic acids is 1. The average Bonchev–Trinajstić information content (AvgIpc) is 3.49. The van der Waals surface area contributed by atoms with Crippen molar-refractivity contribution in [1.29, 1.82) is 0 Å². The summed E-state index contributed by atoms with van der Waals surface area (Å²) < 4.78 is 18.9. The number of nitrogens with zero attached hydrogens (tertiary/aromatic N) is 2. The standard InChI is InChI=1S/C31H37FN4O4S/c1-21(20-36-13-15-40-16-14-36)28(41-2)19-27(31(38)39)35-30(37)24-5-3-22(4-6-24)17-25(18-29-33-11-12-34-29)23-7-9-26(32)10-8-23/h3-12,17,21,27-28H,13-16,18-20H2,1-2H3,(H,33,34)(H,35,37)(H,38,39)/t21?,27-,28?/m0/s1. The predicted octanol–water partition coefficient (Wildman–Crippen LogP) is 4.61. The highest BCUT2D eigenvalue weighted by Gasteiger charge is 2.28. The molecular formula is C31H37FN4O4S. The van der Waals surface area contributed by atoms with Crippen molar-refractivity contribution in [2.24, 2.45) is 5.92 Å². The van der Waals surface area contributed by atoms with Crippen LogP contribution in [0, 0.1) is 11.7 Å². The molecule has 2 unspecified atom stereocenters. The molecular weight excluding hydrogens is 543 g/mol. The van der Waals surface area contributed by atoms with E-state index in [1.165, 1.54) is 12.1 Å². The number of ether oxygens (including phenoxy) is 1. The second-order valence-corrected chi connectivity index (χ2v) is 11.4. The molecule has 0 spiro atoms. The van der Waals surface area contributed by atoms with Gasteiger partial charge in [-0.15, -0.1) is 0 Å². The van der Waals surface area contributed by atoms with Crippen molar-refractivity contribution in [2.75, 3.05) is 39.1 Å². The minimum Gasteiger partial charge on any atom is -0.480 e. The van der Waals surface area contributed by atoms with Gasteiger partial charge in [0.2, 0.25) is 0 Å². The molecule has 10 heteroatoms. The molecule has 2 aromatic carbocycles. The van der Waals surface area contributed by atoms with Crippen LogP contribution in [0.3, 0.4) is 0 Å². The molecule has 1 amide bonds. The second-order valence-electron chi connectivity index (χ2n) is 10.3. The Bertz CT molecular complexity index is 1290. The molecule has 0 bridgehead atoms. The highest BCUT2D eigenvalue weighted by molar-refractivity contribution is 7.99. The third-order valence-electron chi connectivity index (χ3n) is 7.30. The van der Waals surface area contributed by atoms with Gasteiger partial charge in [-0.1, -0.05) is 37.3 Å². The molecule has 3 atom stereocenters. The minimum absolute atomic E-state index is 0.0748. The van der Waals surface area contributed by atoms with Crippen LogP contribution in [-0.4, -0.2) is 82.2 Å². The number of aromatic amines is 1. The lowest BCUT2D eigenvalue weighted by Gasteiger charge is -2.32. The minimum atomic E-state index is -1.04. The average molecular weight is 581 g/mol. The van der Waals surface area contributed by atoms with E-state index in [1.807, 2.05) is 24.5 Å². The van der Waals surface area contributed by atoms with E-state index in [9.17, 15) is 19.1 Å². The first-order chi connectivity index (χ1) is 19.8. The van der Waals surface area contributed by atoms with Crippen molar-refractivity contribution < 1.29 is 23.8 Å². The highest BCUT2D eigenvalue weighted by Crippen LogP contribution is 2.25. The number of benzene rings is 2. The number of halogens is 1. The van der Waals surface area contributed by atoms with Gasteiger partial charge in [-0.3, -0.25) is 9.69 Å². The number of aliphatic carboxylic acids is 1. The Labute approximate surface area is 244 Å². The van der Waals surface area contributed by atoms with E-state index in [-0.39, 0.29) is 17.0 Å². The summed E-state index contributed by atoms with van der Waals surface area (Å²) in [6.45, 7) is 6.20. The van der Waals surface area contributed by atoms with Crippen LogP contribution in [0.1, 0.15) is 40.7 Å². The molecule has 8 nitrogen and oxygen atoms in total. The topological polar surface area (TPSA) is 108 Å². The van der Waals surface area contributed by atoms with E-state index in [0.717, 1.165) is 55.4 Å². The van der Waals surface area contributed by atoms with Gasteiger partial charge in [0.1, 0.15) is 17.7 Å². The first-order valence-electron chi connectivity index (χ1n) is 13.7. The summed E-state index contributed by atoms with van der Waals surface area (Å²) in [5.41, 5.74) is 3.02. The number of imidazole rings is 1. The molecule has 0 radical (unpaired) electrons. The third-order valence-corrected chi connectivity index (χ3v) is 8.56. The van der Waals surface area contributed by atoms with Crippen molar-refractivity contribution in [1.82, 2.24) is 20.2 Å². The van der Waals surface area contributed by atoms with Gasteiger partial charge in [0.05, 0.1) is 13.2 Å². The zero-order chi connectivity index (χ0) is 29.2. The van der Waals surface area contributed by atoms with Crippen molar-refractivity contribution in [3.05, 3.63) is 89.3 Å². The van der Waals surface area contributed by atoms with Gasteiger partial charge in [-0.2, -0.15) is 11.8 Å². The van der Waals surface area contributed by atoms with Crippen molar-refractivity contribution in [2.45, 2.75) is 31.1 Å². The molecule has 0 aliphatic carbocycles. The lowest BCUT2D eigenvalue weighted by molar-refractivity contribution is -0.139. The summed E-state index contributed by atoms with van der Waals surface area (Å²) in [5, 5.41) is 12.7. The maximum atomic E-state index is 13.5. The molecule has 3 N–H and O–H groups in total. The van der Waals surface area contributed by atoms with Crippen LogP contribution in [0.5, 0.6) is 0 Å². The fraction of sp³-hybridized carbons (Fsp3) is 0.387. The number of carbonyl (C=O) groups is 2. The van der Waals surface area contributed by atoms with Gasteiger partial charge in [0, 0.05) is 49.3 Å². The van der Waals surface area contributed by atoms with E-state index in [4.69, 9.17) is 4.74 Å². The number of carboxylic acid groups (broad SMARTS) is 1. The Kier molecular flexibility index (Phi) is 11.1. The highest BCUT2D eigenvalue weighted by atomic mass is 32.2. The van der Waals surface area contributed by atoms with Gasteiger partial charge in [0.15, 0.2) is 0 Å².